The quantitative estimate of drug-likeness (QED) is 0.500. The van der Waals surface area contributed by atoms with E-state index in [9.17, 15) is 4.79 Å². The molecule has 28 heavy (non-hydrogen) atoms. The first kappa shape index (κ1) is 20.2. The second kappa shape index (κ2) is 9.12. The van der Waals surface area contributed by atoms with Crippen LogP contribution in [0.3, 0.4) is 0 Å². The third kappa shape index (κ3) is 4.48. The Morgan fingerprint density at radius 2 is 1.71 bits per heavy atom. The summed E-state index contributed by atoms with van der Waals surface area (Å²) < 4.78 is 16.3. The molecule has 2 aromatic rings. The minimum atomic E-state index is -0.0636. The Balaban J connectivity index is 1.69. The van der Waals surface area contributed by atoms with E-state index in [1.165, 1.54) is 11.8 Å². The zero-order valence-corrected chi connectivity index (χ0v) is 17.6. The van der Waals surface area contributed by atoms with Gasteiger partial charge in [-0.15, -0.1) is 0 Å². The van der Waals surface area contributed by atoms with Gasteiger partial charge >= 0.3 is 0 Å². The van der Waals surface area contributed by atoms with E-state index in [0.29, 0.717) is 33.7 Å². The number of thioether (sulfide) groups is 1. The van der Waals surface area contributed by atoms with E-state index in [1.54, 1.807) is 26.2 Å². The lowest BCUT2D eigenvalue weighted by atomic mass is 10.1. The largest absolute Gasteiger partial charge is 0.497 e. The summed E-state index contributed by atoms with van der Waals surface area (Å²) >= 11 is 6.74. The summed E-state index contributed by atoms with van der Waals surface area (Å²) in [5, 5.41) is 0. The Bertz CT molecular complexity index is 909. The molecule has 0 unspecified atom stereocenters. The van der Waals surface area contributed by atoms with Crippen molar-refractivity contribution in [2.75, 3.05) is 27.9 Å². The number of hydrogen-bond donors (Lipinski definition) is 0. The van der Waals surface area contributed by atoms with Crippen LogP contribution in [0.5, 0.6) is 17.2 Å². The van der Waals surface area contributed by atoms with Crippen LogP contribution >= 0.6 is 24.0 Å². The summed E-state index contributed by atoms with van der Waals surface area (Å²) in [5.41, 5.74) is 1.98. The van der Waals surface area contributed by atoms with E-state index in [0.717, 1.165) is 16.9 Å². The van der Waals surface area contributed by atoms with E-state index >= 15 is 0 Å². The minimum Gasteiger partial charge on any atom is -0.497 e. The van der Waals surface area contributed by atoms with E-state index in [2.05, 4.69) is 0 Å². The molecule has 1 saturated heterocycles. The lowest BCUT2D eigenvalue weighted by Crippen LogP contribution is -2.30. The highest BCUT2D eigenvalue weighted by Gasteiger charge is 2.31. The lowest BCUT2D eigenvalue weighted by molar-refractivity contribution is -0.122. The highest BCUT2D eigenvalue weighted by atomic mass is 32.2. The van der Waals surface area contributed by atoms with E-state index < -0.39 is 0 Å². The molecule has 1 heterocycles. The van der Waals surface area contributed by atoms with Crippen LogP contribution < -0.4 is 14.2 Å². The van der Waals surface area contributed by atoms with Gasteiger partial charge in [0.25, 0.3) is 5.91 Å². The Morgan fingerprint density at radius 3 is 2.36 bits per heavy atom. The van der Waals surface area contributed by atoms with Gasteiger partial charge in [-0.05, 0) is 47.9 Å². The molecule has 1 amide bonds. The molecule has 0 saturated carbocycles. The third-order valence-corrected chi connectivity index (χ3v) is 5.74. The number of hydrogen-bond acceptors (Lipinski definition) is 6. The number of thiocarbonyl (C=S) groups is 1. The van der Waals surface area contributed by atoms with Crippen molar-refractivity contribution >= 4 is 40.3 Å². The molecular weight excluding hydrogens is 394 g/mol. The first-order chi connectivity index (χ1) is 13.5. The number of methoxy groups -OCH3 is 3. The summed E-state index contributed by atoms with van der Waals surface area (Å²) in [6.07, 6.45) is 2.53. The average molecular weight is 416 g/mol. The first-order valence-electron chi connectivity index (χ1n) is 8.66. The standard InChI is InChI=1S/C21H21NO4S2/c1-24-16-7-4-14(5-8-16)13-19-20(23)22(21(27)28-19)11-10-15-6-9-17(25-2)18(12-15)26-3/h4-9,12-13H,10-11H2,1-3H3/b19-13-. The zero-order chi connectivity index (χ0) is 20.1. The fourth-order valence-electron chi connectivity index (χ4n) is 2.82. The molecule has 0 atom stereocenters. The number of benzene rings is 2. The molecule has 0 N–H and O–H groups in total. The molecule has 3 rings (SSSR count). The van der Waals surface area contributed by atoms with Crippen molar-refractivity contribution in [2.24, 2.45) is 0 Å². The molecule has 146 valence electrons. The molecule has 0 radical (unpaired) electrons. The van der Waals surface area contributed by atoms with Crippen molar-refractivity contribution in [2.45, 2.75) is 6.42 Å². The summed E-state index contributed by atoms with van der Waals surface area (Å²) in [4.78, 5) is 15.0. The summed E-state index contributed by atoms with van der Waals surface area (Å²) in [6.45, 7) is 0.514. The van der Waals surface area contributed by atoms with Crippen molar-refractivity contribution in [1.29, 1.82) is 0 Å². The highest BCUT2D eigenvalue weighted by molar-refractivity contribution is 8.26. The van der Waals surface area contributed by atoms with Gasteiger partial charge in [0.1, 0.15) is 10.1 Å². The molecule has 0 bridgehead atoms. The van der Waals surface area contributed by atoms with Crippen molar-refractivity contribution in [3.63, 3.8) is 0 Å². The predicted octanol–water partition coefficient (Wildman–Crippen LogP) is 4.16. The summed E-state index contributed by atoms with van der Waals surface area (Å²) in [6, 6.07) is 13.3. The second-order valence-electron chi connectivity index (χ2n) is 6.05. The fraction of sp³-hybridized carbons (Fsp3) is 0.238. The Hall–Kier alpha value is -2.51. The second-order valence-corrected chi connectivity index (χ2v) is 7.72. The van der Waals surface area contributed by atoms with Gasteiger partial charge in [0.15, 0.2) is 11.5 Å². The van der Waals surface area contributed by atoms with E-state index in [4.69, 9.17) is 26.4 Å². The van der Waals surface area contributed by atoms with Gasteiger partial charge in [-0.25, -0.2) is 0 Å². The average Bonchev–Trinajstić information content (AvgIpc) is 2.99. The summed E-state index contributed by atoms with van der Waals surface area (Å²) in [7, 11) is 4.83. The Kier molecular flexibility index (Phi) is 6.59. The molecule has 0 aliphatic carbocycles. The van der Waals surface area contributed by atoms with Gasteiger partial charge in [0.05, 0.1) is 26.2 Å². The van der Waals surface area contributed by atoms with Gasteiger partial charge < -0.3 is 14.2 Å². The highest BCUT2D eigenvalue weighted by Crippen LogP contribution is 2.33. The van der Waals surface area contributed by atoms with Gasteiger partial charge in [-0.1, -0.05) is 42.2 Å². The number of ether oxygens (including phenoxy) is 3. The number of rotatable bonds is 7. The molecule has 1 fully saturated rings. The smallest absolute Gasteiger partial charge is 0.266 e. The maximum Gasteiger partial charge on any atom is 0.266 e. The molecule has 1 aliphatic heterocycles. The lowest BCUT2D eigenvalue weighted by Gasteiger charge is -2.15. The fourth-order valence-corrected chi connectivity index (χ4v) is 4.13. The molecular formula is C21H21NO4S2. The molecule has 2 aromatic carbocycles. The minimum absolute atomic E-state index is 0.0636. The maximum atomic E-state index is 12.8. The van der Waals surface area contributed by atoms with Crippen LogP contribution in [0.4, 0.5) is 0 Å². The molecule has 5 nitrogen and oxygen atoms in total. The van der Waals surface area contributed by atoms with Gasteiger partial charge in [-0.3, -0.25) is 9.69 Å². The van der Waals surface area contributed by atoms with Crippen LogP contribution in [-0.2, 0) is 11.2 Å². The first-order valence-corrected chi connectivity index (χ1v) is 9.88. The Morgan fingerprint density at radius 1 is 1.00 bits per heavy atom. The van der Waals surface area contributed by atoms with Gasteiger partial charge in [0, 0.05) is 6.54 Å². The van der Waals surface area contributed by atoms with E-state index in [-0.39, 0.29) is 5.91 Å². The normalized spacial score (nSPS) is 15.2. The van der Waals surface area contributed by atoms with Crippen molar-refractivity contribution < 1.29 is 19.0 Å². The van der Waals surface area contributed by atoms with Crippen LogP contribution in [-0.4, -0.2) is 43.0 Å². The molecule has 7 heteroatoms. The molecule has 1 aliphatic rings. The monoisotopic (exact) mass is 415 g/mol. The third-order valence-electron chi connectivity index (χ3n) is 4.36. The molecule has 0 aromatic heterocycles. The van der Waals surface area contributed by atoms with Crippen LogP contribution in [0.1, 0.15) is 11.1 Å². The van der Waals surface area contributed by atoms with Crippen molar-refractivity contribution in [1.82, 2.24) is 4.90 Å². The van der Waals surface area contributed by atoms with Crippen LogP contribution in [0, 0.1) is 0 Å². The van der Waals surface area contributed by atoms with Gasteiger partial charge in [0.2, 0.25) is 0 Å². The maximum absolute atomic E-state index is 12.8. The van der Waals surface area contributed by atoms with Crippen molar-refractivity contribution in [3.05, 3.63) is 58.5 Å². The Labute approximate surface area is 174 Å². The number of nitrogens with zero attached hydrogens (tertiary/aromatic N) is 1. The zero-order valence-electron chi connectivity index (χ0n) is 15.9. The number of amides is 1. The van der Waals surface area contributed by atoms with Gasteiger partial charge in [-0.2, -0.15) is 0 Å². The molecule has 0 spiro atoms. The number of carbonyl (C=O) groups excluding carboxylic acids is 1. The van der Waals surface area contributed by atoms with Crippen LogP contribution in [0.15, 0.2) is 47.4 Å². The SMILES string of the molecule is COc1ccc(/C=C2\SC(=S)N(CCc3ccc(OC)c(OC)c3)C2=O)cc1. The van der Waals surface area contributed by atoms with Crippen molar-refractivity contribution in [3.8, 4) is 17.2 Å². The van der Waals surface area contributed by atoms with Crippen LogP contribution in [0.2, 0.25) is 0 Å². The number of carbonyl (C=O) groups is 1. The summed E-state index contributed by atoms with van der Waals surface area (Å²) in [5.74, 6) is 2.06. The predicted molar refractivity (Wildman–Crippen MR) is 116 cm³/mol. The van der Waals surface area contributed by atoms with E-state index in [1.807, 2.05) is 48.5 Å². The topological polar surface area (TPSA) is 48.0 Å². The van der Waals surface area contributed by atoms with Crippen LogP contribution in [0.25, 0.3) is 6.08 Å².